The molecule has 0 aliphatic carbocycles. The minimum Gasteiger partial charge on any atom is -2.00 e. The molecule has 33 heavy (non-hydrogen) atoms. The van der Waals surface area contributed by atoms with Crippen LogP contribution in [0.1, 0.15) is 20.7 Å². The van der Waals surface area contributed by atoms with E-state index in [0.29, 0.717) is 0 Å². The number of carbonyl (C=O) groups is 2. The standard InChI is InChI=1S/2C7H6O2.2C5H5N.2O.U/c2*8-7(9)6-4-2-1-3-5-6;2*1-2-4-6-5-3-1;;;/h2*1-5H,(H,8,9);2*1-5H;;;/q;;;;2*-2;/p-2. The molecule has 0 spiro atoms. The van der Waals surface area contributed by atoms with Crippen LogP contribution in [0.4, 0.5) is 0 Å². The fraction of sp³-hybridized carbons (Fsp3) is 0. The molecule has 4 aromatic rings. The van der Waals surface area contributed by atoms with Gasteiger partial charge < -0.3 is 30.8 Å². The predicted molar refractivity (Wildman–Crippen MR) is 111 cm³/mol. The van der Waals surface area contributed by atoms with Gasteiger partial charge in [0.05, 0.1) is 11.9 Å². The van der Waals surface area contributed by atoms with Crippen LogP contribution in [0.2, 0.25) is 0 Å². The first-order valence-corrected chi connectivity index (χ1v) is 8.84. The van der Waals surface area contributed by atoms with Crippen LogP contribution in [0.15, 0.2) is 122 Å². The van der Waals surface area contributed by atoms with Crippen molar-refractivity contribution in [2.75, 3.05) is 0 Å². The average molecular weight is 670 g/mol. The third-order valence-electron chi connectivity index (χ3n) is 3.15. The molecule has 4 rings (SSSR count). The van der Waals surface area contributed by atoms with Gasteiger partial charge in [-0.25, -0.2) is 0 Å². The molecule has 0 saturated carbocycles. The molecule has 0 aliphatic rings. The van der Waals surface area contributed by atoms with E-state index < -0.39 is 11.9 Å². The molecule has 0 unspecified atom stereocenters. The second-order valence-corrected chi connectivity index (χ2v) is 5.36. The summed E-state index contributed by atoms with van der Waals surface area (Å²) in [6.45, 7) is 0. The second-order valence-electron chi connectivity index (χ2n) is 5.36. The summed E-state index contributed by atoms with van der Waals surface area (Å²) in [7, 11) is 0. The molecule has 0 amide bonds. The number of carboxylic acids is 2. The molecule has 2 heterocycles. The Labute approximate surface area is 216 Å². The average Bonchev–Trinajstić information content (AvgIpc) is 2.84. The van der Waals surface area contributed by atoms with Crippen molar-refractivity contribution < 1.29 is 61.9 Å². The first-order valence-electron chi connectivity index (χ1n) is 8.84. The summed E-state index contributed by atoms with van der Waals surface area (Å²) < 4.78 is 0. The number of nitrogens with zero attached hydrogens (tertiary/aromatic N) is 2. The molecule has 0 radical (unpaired) electrons. The Morgan fingerprint density at radius 1 is 0.485 bits per heavy atom. The first-order chi connectivity index (χ1) is 14.6. The quantitative estimate of drug-likeness (QED) is 0.317. The summed E-state index contributed by atoms with van der Waals surface area (Å²) in [5, 5.41) is 20.2. The summed E-state index contributed by atoms with van der Waals surface area (Å²) >= 11 is 0. The Bertz CT molecular complexity index is 813. The van der Waals surface area contributed by atoms with E-state index in [2.05, 4.69) is 9.97 Å². The van der Waals surface area contributed by atoms with Gasteiger partial charge in [0, 0.05) is 55.9 Å². The van der Waals surface area contributed by atoms with Gasteiger partial charge in [-0.3, -0.25) is 9.97 Å². The Hall–Kier alpha value is -3.35. The van der Waals surface area contributed by atoms with Crippen molar-refractivity contribution >= 4 is 11.9 Å². The minimum atomic E-state index is -1.13. The van der Waals surface area contributed by atoms with Crippen LogP contribution in [0, 0.1) is 31.1 Å². The van der Waals surface area contributed by atoms with E-state index in [9.17, 15) is 19.8 Å². The van der Waals surface area contributed by atoms with E-state index in [4.69, 9.17) is 0 Å². The zero-order valence-corrected chi connectivity index (χ0v) is 21.6. The summed E-state index contributed by atoms with van der Waals surface area (Å²) in [5.74, 6) is -2.26. The summed E-state index contributed by atoms with van der Waals surface area (Å²) in [5.41, 5.74) is 0.440. The van der Waals surface area contributed by atoms with Crippen molar-refractivity contribution in [2.24, 2.45) is 0 Å². The van der Waals surface area contributed by atoms with Crippen molar-refractivity contribution in [3.63, 3.8) is 0 Å². The maximum Gasteiger partial charge on any atom is 0.0715 e. The van der Waals surface area contributed by atoms with Gasteiger partial charge in [-0.2, -0.15) is 0 Å². The summed E-state index contributed by atoms with van der Waals surface area (Å²) in [4.78, 5) is 27.7. The van der Waals surface area contributed by atoms with Crippen LogP contribution in [0.5, 0.6) is 0 Å². The van der Waals surface area contributed by atoms with Gasteiger partial charge in [0.15, 0.2) is 0 Å². The fourth-order valence-electron chi connectivity index (χ4n) is 1.77. The third-order valence-corrected chi connectivity index (χ3v) is 3.15. The van der Waals surface area contributed by atoms with E-state index in [1.165, 1.54) is 24.3 Å². The largest absolute Gasteiger partial charge is 2.00 e. The zero-order valence-electron chi connectivity index (χ0n) is 17.4. The van der Waals surface area contributed by atoms with Crippen molar-refractivity contribution in [3.05, 3.63) is 133 Å². The maximum absolute atomic E-state index is 10.1. The van der Waals surface area contributed by atoms with E-state index in [1.807, 2.05) is 36.4 Å². The Morgan fingerprint density at radius 3 is 0.848 bits per heavy atom. The number of rotatable bonds is 2. The van der Waals surface area contributed by atoms with Gasteiger partial charge in [0.2, 0.25) is 0 Å². The van der Waals surface area contributed by atoms with Gasteiger partial charge >= 0.3 is 0 Å². The number of aromatic carboxylic acids is 2. The topological polar surface area (TPSA) is 163 Å². The van der Waals surface area contributed by atoms with Crippen LogP contribution in [-0.4, -0.2) is 21.9 Å². The summed E-state index contributed by atoms with van der Waals surface area (Å²) in [6.07, 6.45) is 7.00. The molecule has 2 aromatic carbocycles. The molecule has 0 saturated heterocycles. The summed E-state index contributed by atoms with van der Waals surface area (Å²) in [6, 6.07) is 27.6. The molecule has 172 valence electrons. The van der Waals surface area contributed by atoms with Crippen LogP contribution in [0.3, 0.4) is 0 Å². The normalized spacial score (nSPS) is 7.76. The van der Waals surface area contributed by atoms with E-state index >= 15 is 0 Å². The number of carbonyl (C=O) groups excluding carboxylic acids is 2. The van der Waals surface area contributed by atoms with Crippen LogP contribution in [-0.2, 0) is 11.0 Å². The maximum atomic E-state index is 10.1. The molecule has 0 aliphatic heterocycles. The second kappa shape index (κ2) is 23.3. The van der Waals surface area contributed by atoms with E-state index in [1.54, 1.807) is 61.2 Å². The molecule has 0 fully saturated rings. The number of carboxylic acid groups (broad SMARTS) is 2. The van der Waals surface area contributed by atoms with Gasteiger partial charge in [0.1, 0.15) is 0 Å². The number of pyridine rings is 2. The number of aromatic nitrogens is 2. The van der Waals surface area contributed by atoms with Gasteiger partial charge in [-0.05, 0) is 35.4 Å². The number of benzene rings is 2. The molecule has 0 bridgehead atoms. The first kappa shape index (κ1) is 34.3. The van der Waals surface area contributed by atoms with Gasteiger partial charge in [0.25, 0.3) is 0 Å². The van der Waals surface area contributed by atoms with Gasteiger partial charge in [-0.15, -0.1) is 0 Å². The Balaban J connectivity index is -0.000000358. The van der Waals surface area contributed by atoms with Crippen molar-refractivity contribution in [1.82, 2.24) is 9.97 Å². The fourth-order valence-corrected chi connectivity index (χ4v) is 1.77. The minimum absolute atomic E-state index is 0. The monoisotopic (exact) mass is 670 g/mol. The third kappa shape index (κ3) is 19.1. The van der Waals surface area contributed by atoms with Crippen molar-refractivity contribution in [3.8, 4) is 0 Å². The van der Waals surface area contributed by atoms with Gasteiger partial charge in [-0.1, -0.05) is 72.8 Å². The Morgan fingerprint density at radius 2 is 0.727 bits per heavy atom. The molecular weight excluding hydrogens is 650 g/mol. The van der Waals surface area contributed by atoms with Crippen molar-refractivity contribution in [1.29, 1.82) is 0 Å². The number of hydrogen-bond acceptors (Lipinski definition) is 6. The van der Waals surface area contributed by atoms with Crippen LogP contribution < -0.4 is 10.2 Å². The molecule has 2 aromatic heterocycles. The van der Waals surface area contributed by atoms with E-state index in [0.717, 1.165) is 0 Å². The molecule has 0 atom stereocenters. The van der Waals surface area contributed by atoms with E-state index in [-0.39, 0.29) is 53.2 Å². The molecule has 8 nitrogen and oxygen atoms in total. The SMILES string of the molecule is O=C([O-])c1ccccc1.O=C([O-])c1ccccc1.[O-2].[O-2].[U].c1ccncc1.c1ccncc1. The Kier molecular flexibility index (Phi) is 24.2. The smallest absolute Gasteiger partial charge is 0.0715 e. The molecule has 0 N–H and O–H groups in total. The van der Waals surface area contributed by atoms with Crippen molar-refractivity contribution in [2.45, 2.75) is 0 Å². The van der Waals surface area contributed by atoms with Crippen LogP contribution in [0.25, 0.3) is 0 Å². The van der Waals surface area contributed by atoms with Crippen LogP contribution >= 0.6 is 0 Å². The predicted octanol–water partition coefficient (Wildman–Crippen LogP) is 2.03. The number of hydrogen-bond donors (Lipinski definition) is 0. The molecular formula is C24H20N2O6U-6. The zero-order chi connectivity index (χ0) is 21.9. The molecule has 9 heteroatoms.